The Morgan fingerprint density at radius 3 is 2.84 bits per heavy atom. The number of rotatable bonds is 6. The lowest BCUT2D eigenvalue weighted by Crippen LogP contribution is -2.26. The van der Waals surface area contributed by atoms with Crippen LogP contribution in [0.3, 0.4) is 0 Å². The number of hydrogen-bond donors (Lipinski definition) is 4. The molecule has 0 saturated heterocycles. The SMILES string of the molecule is CN1CCc2c(Br)cc(Nc3nnc(C(N)=O)c(Nc4ccccc4CO)n3)cc2C1. The number of nitrogens with two attached hydrogens (primary N) is 1. The number of aliphatic hydroxyl groups excluding tert-OH is 1. The summed E-state index contributed by atoms with van der Waals surface area (Å²) in [7, 11) is 2.09. The molecule has 1 amide bonds. The molecule has 0 spiro atoms. The lowest BCUT2D eigenvalue weighted by atomic mass is 9.99. The molecule has 0 aliphatic carbocycles. The van der Waals surface area contributed by atoms with Crippen LogP contribution in [-0.4, -0.2) is 44.7 Å². The van der Waals surface area contributed by atoms with E-state index in [0.717, 1.165) is 29.7 Å². The summed E-state index contributed by atoms with van der Waals surface area (Å²) in [5, 5.41) is 23.7. The molecule has 0 unspecified atom stereocenters. The van der Waals surface area contributed by atoms with Gasteiger partial charge in [-0.3, -0.25) is 4.79 Å². The number of carbonyl (C=O) groups excluding carboxylic acids is 1. The van der Waals surface area contributed by atoms with Crippen molar-refractivity contribution in [2.45, 2.75) is 19.6 Å². The van der Waals surface area contributed by atoms with Crippen molar-refractivity contribution in [1.29, 1.82) is 0 Å². The number of benzene rings is 2. The van der Waals surface area contributed by atoms with Gasteiger partial charge in [-0.2, -0.15) is 4.98 Å². The van der Waals surface area contributed by atoms with Gasteiger partial charge in [-0.05, 0) is 42.8 Å². The van der Waals surface area contributed by atoms with Gasteiger partial charge in [0.05, 0.1) is 6.61 Å². The Bertz CT molecular complexity index is 1140. The second-order valence-corrected chi connectivity index (χ2v) is 8.20. The average Bonchev–Trinajstić information content (AvgIpc) is 2.74. The van der Waals surface area contributed by atoms with E-state index >= 15 is 0 Å². The van der Waals surface area contributed by atoms with Gasteiger partial charge < -0.3 is 26.4 Å². The zero-order chi connectivity index (χ0) is 22.0. The number of fused-ring (bicyclic) bond motifs is 1. The minimum atomic E-state index is -0.755. The molecule has 9 nitrogen and oxygen atoms in total. The summed E-state index contributed by atoms with van der Waals surface area (Å²) in [6, 6.07) is 11.2. The number of nitrogens with zero attached hydrogens (tertiary/aromatic N) is 4. The molecular formula is C21H22BrN7O2. The summed E-state index contributed by atoms with van der Waals surface area (Å²) in [5.41, 5.74) is 9.93. The van der Waals surface area contributed by atoms with Crippen LogP contribution in [0.15, 0.2) is 40.9 Å². The molecule has 0 radical (unpaired) electrons. The topological polar surface area (TPSA) is 129 Å². The molecule has 160 valence electrons. The van der Waals surface area contributed by atoms with Crippen molar-refractivity contribution >= 4 is 45.0 Å². The molecule has 0 saturated carbocycles. The molecule has 3 aromatic rings. The number of aromatic nitrogens is 3. The molecule has 2 heterocycles. The van der Waals surface area contributed by atoms with Crippen LogP contribution < -0.4 is 16.4 Å². The van der Waals surface area contributed by atoms with Crippen LogP contribution in [0.25, 0.3) is 0 Å². The van der Waals surface area contributed by atoms with Gasteiger partial charge >= 0.3 is 0 Å². The van der Waals surface area contributed by atoms with Crippen LogP contribution in [0.2, 0.25) is 0 Å². The Morgan fingerprint density at radius 2 is 2.06 bits per heavy atom. The summed E-state index contributed by atoms with van der Waals surface area (Å²) < 4.78 is 1.03. The minimum absolute atomic E-state index is 0.0912. The fourth-order valence-corrected chi connectivity index (χ4v) is 4.23. The summed E-state index contributed by atoms with van der Waals surface area (Å²) in [4.78, 5) is 18.5. The second-order valence-electron chi connectivity index (χ2n) is 7.35. The third-order valence-electron chi connectivity index (χ3n) is 5.09. The van der Waals surface area contributed by atoms with E-state index in [1.54, 1.807) is 18.2 Å². The van der Waals surface area contributed by atoms with Crippen molar-refractivity contribution in [2.75, 3.05) is 24.2 Å². The first-order chi connectivity index (χ1) is 14.9. The number of aliphatic hydroxyl groups is 1. The highest BCUT2D eigenvalue weighted by Crippen LogP contribution is 2.31. The zero-order valence-electron chi connectivity index (χ0n) is 16.9. The Labute approximate surface area is 187 Å². The number of para-hydroxylation sites is 1. The number of carbonyl (C=O) groups is 1. The number of nitrogens with one attached hydrogen (secondary N) is 2. The van der Waals surface area contributed by atoms with Crippen molar-refractivity contribution in [3.05, 3.63) is 63.3 Å². The van der Waals surface area contributed by atoms with E-state index in [4.69, 9.17) is 5.73 Å². The Morgan fingerprint density at radius 1 is 1.26 bits per heavy atom. The first-order valence-electron chi connectivity index (χ1n) is 9.71. The van der Waals surface area contributed by atoms with Crippen LogP contribution in [0.5, 0.6) is 0 Å². The quantitative estimate of drug-likeness (QED) is 0.421. The Balaban J connectivity index is 1.66. The number of anilines is 4. The van der Waals surface area contributed by atoms with Crippen molar-refractivity contribution < 1.29 is 9.90 Å². The maximum Gasteiger partial charge on any atom is 0.273 e. The summed E-state index contributed by atoms with van der Waals surface area (Å²) in [6.45, 7) is 1.70. The van der Waals surface area contributed by atoms with Crippen molar-refractivity contribution in [3.8, 4) is 0 Å². The van der Waals surface area contributed by atoms with Crippen molar-refractivity contribution in [2.24, 2.45) is 5.73 Å². The van der Waals surface area contributed by atoms with E-state index in [2.05, 4.69) is 59.8 Å². The highest BCUT2D eigenvalue weighted by Gasteiger charge is 2.19. The van der Waals surface area contributed by atoms with Gasteiger partial charge in [0.2, 0.25) is 5.95 Å². The van der Waals surface area contributed by atoms with E-state index in [1.807, 2.05) is 12.1 Å². The lowest BCUT2D eigenvalue weighted by molar-refractivity contribution is 0.0995. The fraction of sp³-hybridized carbons (Fsp3) is 0.238. The number of primary amides is 1. The van der Waals surface area contributed by atoms with Crippen molar-refractivity contribution in [3.63, 3.8) is 0 Å². The minimum Gasteiger partial charge on any atom is -0.392 e. The molecule has 0 bridgehead atoms. The normalized spacial score (nSPS) is 13.5. The third kappa shape index (κ3) is 4.66. The molecule has 0 fully saturated rings. The summed E-state index contributed by atoms with van der Waals surface area (Å²) in [6.07, 6.45) is 0.983. The first kappa shape index (κ1) is 21.2. The molecule has 0 atom stereocenters. The van der Waals surface area contributed by atoms with Gasteiger partial charge in [-0.1, -0.05) is 34.1 Å². The van der Waals surface area contributed by atoms with Gasteiger partial charge in [0.1, 0.15) is 0 Å². The predicted molar refractivity (Wildman–Crippen MR) is 121 cm³/mol. The second kappa shape index (κ2) is 8.96. The standard InChI is InChI=1S/C21H22BrN7O2/c1-29-7-6-15-13(10-29)8-14(9-16(15)22)24-21-26-20(18(19(23)31)27-28-21)25-17-5-3-2-4-12(17)11-30/h2-5,8-9,30H,6-7,10-11H2,1H3,(H2,23,31)(H2,24,25,26,28). The molecule has 2 aromatic carbocycles. The highest BCUT2D eigenvalue weighted by atomic mass is 79.9. The summed E-state index contributed by atoms with van der Waals surface area (Å²) in [5.74, 6) is -0.386. The van der Waals surface area contributed by atoms with E-state index in [-0.39, 0.29) is 24.1 Å². The number of halogens is 1. The van der Waals surface area contributed by atoms with E-state index in [1.165, 1.54) is 11.1 Å². The van der Waals surface area contributed by atoms with E-state index in [9.17, 15) is 9.90 Å². The maximum atomic E-state index is 11.8. The van der Waals surface area contributed by atoms with Crippen molar-refractivity contribution in [1.82, 2.24) is 20.1 Å². The smallest absolute Gasteiger partial charge is 0.273 e. The summed E-state index contributed by atoms with van der Waals surface area (Å²) >= 11 is 3.66. The van der Waals surface area contributed by atoms with Gasteiger partial charge in [-0.15, -0.1) is 10.2 Å². The largest absolute Gasteiger partial charge is 0.392 e. The zero-order valence-corrected chi connectivity index (χ0v) is 18.5. The van der Waals surface area contributed by atoms with Gasteiger partial charge in [0.25, 0.3) is 5.91 Å². The van der Waals surface area contributed by atoms with Crippen LogP contribution in [0, 0.1) is 0 Å². The molecule has 1 aliphatic heterocycles. The first-order valence-corrected chi connectivity index (χ1v) is 10.5. The van der Waals surface area contributed by atoms with E-state index in [0.29, 0.717) is 11.3 Å². The molecule has 1 aliphatic rings. The molecule has 31 heavy (non-hydrogen) atoms. The van der Waals surface area contributed by atoms with Crippen LogP contribution >= 0.6 is 15.9 Å². The number of hydrogen-bond acceptors (Lipinski definition) is 8. The number of amides is 1. The molecule has 5 N–H and O–H groups in total. The lowest BCUT2D eigenvalue weighted by Gasteiger charge is -2.26. The molecule has 4 rings (SSSR count). The highest BCUT2D eigenvalue weighted by molar-refractivity contribution is 9.10. The van der Waals surface area contributed by atoms with E-state index < -0.39 is 5.91 Å². The third-order valence-corrected chi connectivity index (χ3v) is 5.80. The molecule has 10 heteroatoms. The fourth-order valence-electron chi connectivity index (χ4n) is 3.53. The maximum absolute atomic E-state index is 11.8. The van der Waals surface area contributed by atoms with Gasteiger partial charge in [0.15, 0.2) is 11.5 Å². The van der Waals surface area contributed by atoms with Crippen LogP contribution in [0.1, 0.15) is 27.2 Å². The average molecular weight is 484 g/mol. The predicted octanol–water partition coefficient (Wildman–Crippen LogP) is 2.70. The molecule has 1 aromatic heterocycles. The van der Waals surface area contributed by atoms with Gasteiger partial charge in [0, 0.05) is 34.5 Å². The number of likely N-dealkylation sites (N-methyl/N-ethyl adjacent to an activating group) is 1. The van der Waals surface area contributed by atoms with Gasteiger partial charge in [-0.25, -0.2) is 0 Å². The monoisotopic (exact) mass is 483 g/mol. The Hall–Kier alpha value is -3.08. The Kier molecular flexibility index (Phi) is 6.12. The van der Waals surface area contributed by atoms with Crippen LogP contribution in [0.4, 0.5) is 23.1 Å². The molecular weight excluding hydrogens is 462 g/mol. The van der Waals surface area contributed by atoms with Crippen LogP contribution in [-0.2, 0) is 19.6 Å².